The summed E-state index contributed by atoms with van der Waals surface area (Å²) in [5.41, 5.74) is 2.42. The SMILES string of the molecule is O=C1CC(COc2ccc(F)c(Cl)c2)=Nc2c1ccnc2-c1cccc(Cl)n1. The number of Topliss-reactive ketones (excluding diaryl/α,β-unsaturated/α-hetero) is 1. The fraction of sp³-hybridized carbons (Fsp3) is 0.100. The van der Waals surface area contributed by atoms with Crippen molar-refractivity contribution in [1.29, 1.82) is 0 Å². The molecule has 0 radical (unpaired) electrons. The Balaban J connectivity index is 1.66. The number of pyridine rings is 2. The largest absolute Gasteiger partial charge is 0.488 e. The van der Waals surface area contributed by atoms with Gasteiger partial charge in [0.25, 0.3) is 0 Å². The molecule has 0 N–H and O–H groups in total. The molecular weight excluding hydrogens is 404 g/mol. The normalized spacial score (nSPS) is 13.1. The van der Waals surface area contributed by atoms with Crippen molar-refractivity contribution in [3.8, 4) is 17.1 Å². The fourth-order valence-corrected chi connectivity index (χ4v) is 3.15. The van der Waals surface area contributed by atoms with Gasteiger partial charge in [0.1, 0.15) is 34.7 Å². The Labute approximate surface area is 169 Å². The molecule has 3 heterocycles. The van der Waals surface area contributed by atoms with Crippen molar-refractivity contribution in [2.75, 3.05) is 6.61 Å². The Bertz CT molecular complexity index is 1120. The second-order valence-electron chi connectivity index (χ2n) is 6.04. The summed E-state index contributed by atoms with van der Waals surface area (Å²) in [5.74, 6) is -0.237. The van der Waals surface area contributed by atoms with Crippen molar-refractivity contribution in [3.63, 3.8) is 0 Å². The number of fused-ring (bicyclic) bond motifs is 1. The molecule has 8 heteroatoms. The Morgan fingerprint density at radius 1 is 1.14 bits per heavy atom. The first-order valence-electron chi connectivity index (χ1n) is 8.30. The van der Waals surface area contributed by atoms with Crippen LogP contribution in [0.2, 0.25) is 10.2 Å². The first-order chi connectivity index (χ1) is 13.5. The quantitative estimate of drug-likeness (QED) is 0.540. The van der Waals surface area contributed by atoms with Gasteiger partial charge in [-0.3, -0.25) is 14.8 Å². The van der Waals surface area contributed by atoms with E-state index < -0.39 is 5.82 Å². The Morgan fingerprint density at radius 2 is 2.00 bits per heavy atom. The van der Waals surface area contributed by atoms with E-state index in [4.69, 9.17) is 27.9 Å². The van der Waals surface area contributed by atoms with Gasteiger partial charge in [0.05, 0.1) is 22.8 Å². The highest BCUT2D eigenvalue weighted by molar-refractivity contribution is 6.30. The summed E-state index contributed by atoms with van der Waals surface area (Å²) in [7, 11) is 0. The number of rotatable bonds is 4. The van der Waals surface area contributed by atoms with Gasteiger partial charge in [-0.25, -0.2) is 9.37 Å². The smallest absolute Gasteiger partial charge is 0.170 e. The second-order valence-corrected chi connectivity index (χ2v) is 6.84. The molecule has 5 nitrogen and oxygen atoms in total. The molecule has 0 amide bonds. The maximum absolute atomic E-state index is 13.3. The Hall–Kier alpha value is -2.83. The Kier molecular flexibility index (Phi) is 5.07. The average Bonchev–Trinajstić information content (AvgIpc) is 2.68. The fourth-order valence-electron chi connectivity index (χ4n) is 2.81. The van der Waals surface area contributed by atoms with E-state index in [0.29, 0.717) is 39.3 Å². The van der Waals surface area contributed by atoms with Crippen molar-refractivity contribution in [3.05, 3.63) is 70.2 Å². The van der Waals surface area contributed by atoms with Gasteiger partial charge >= 0.3 is 0 Å². The third kappa shape index (κ3) is 3.74. The zero-order valence-electron chi connectivity index (χ0n) is 14.3. The number of halogens is 3. The van der Waals surface area contributed by atoms with E-state index >= 15 is 0 Å². The number of carbonyl (C=O) groups excluding carboxylic acids is 1. The van der Waals surface area contributed by atoms with Crippen LogP contribution in [0.25, 0.3) is 11.4 Å². The molecule has 28 heavy (non-hydrogen) atoms. The summed E-state index contributed by atoms with van der Waals surface area (Å²) >= 11 is 11.7. The molecule has 1 aliphatic heterocycles. The highest BCUT2D eigenvalue weighted by atomic mass is 35.5. The maximum atomic E-state index is 13.3. The highest BCUT2D eigenvalue weighted by Gasteiger charge is 2.24. The van der Waals surface area contributed by atoms with E-state index in [0.717, 1.165) is 0 Å². The van der Waals surface area contributed by atoms with E-state index in [-0.39, 0.29) is 23.8 Å². The minimum absolute atomic E-state index is 0.0389. The topological polar surface area (TPSA) is 64.4 Å². The lowest BCUT2D eigenvalue weighted by atomic mass is 9.99. The van der Waals surface area contributed by atoms with E-state index in [1.54, 1.807) is 30.5 Å². The van der Waals surface area contributed by atoms with Crippen LogP contribution in [-0.4, -0.2) is 28.1 Å². The molecule has 140 valence electrons. The number of ketones is 1. The monoisotopic (exact) mass is 415 g/mol. The number of aliphatic imine (C=N–C) groups is 1. The van der Waals surface area contributed by atoms with Crippen LogP contribution in [-0.2, 0) is 0 Å². The van der Waals surface area contributed by atoms with E-state index in [2.05, 4.69) is 15.0 Å². The highest BCUT2D eigenvalue weighted by Crippen LogP contribution is 2.34. The van der Waals surface area contributed by atoms with Gasteiger partial charge in [-0.15, -0.1) is 0 Å². The molecule has 0 aliphatic carbocycles. The molecular formula is C20H12Cl2FN3O2. The predicted molar refractivity (Wildman–Crippen MR) is 105 cm³/mol. The van der Waals surface area contributed by atoms with Gasteiger partial charge in [-0.2, -0.15) is 0 Å². The molecule has 0 unspecified atom stereocenters. The number of nitrogens with zero attached hydrogens (tertiary/aromatic N) is 3. The molecule has 3 aromatic rings. The van der Waals surface area contributed by atoms with Crippen LogP contribution >= 0.6 is 23.2 Å². The minimum atomic E-state index is -0.530. The average molecular weight is 416 g/mol. The number of benzene rings is 1. The third-order valence-electron chi connectivity index (χ3n) is 4.11. The van der Waals surface area contributed by atoms with Crippen molar-refractivity contribution in [2.24, 2.45) is 4.99 Å². The van der Waals surface area contributed by atoms with Crippen LogP contribution in [0.1, 0.15) is 16.8 Å². The van der Waals surface area contributed by atoms with E-state index in [1.165, 1.54) is 18.2 Å². The standard InChI is InChI=1S/C20H12Cl2FN3O2/c21-14-9-12(4-5-15(14)23)28-10-11-8-17(27)13-6-7-24-20(19(13)25-11)16-2-1-3-18(22)26-16/h1-7,9H,8,10H2. The summed E-state index contributed by atoms with van der Waals surface area (Å²) < 4.78 is 18.9. The molecule has 1 aliphatic rings. The number of aromatic nitrogens is 2. The van der Waals surface area contributed by atoms with Crippen LogP contribution in [0.3, 0.4) is 0 Å². The zero-order valence-corrected chi connectivity index (χ0v) is 15.8. The molecule has 0 spiro atoms. The second kappa shape index (κ2) is 7.66. The summed E-state index contributed by atoms with van der Waals surface area (Å²) in [6.45, 7) is 0.0600. The molecule has 0 atom stereocenters. The molecule has 0 saturated carbocycles. The minimum Gasteiger partial charge on any atom is -0.488 e. The van der Waals surface area contributed by atoms with Crippen LogP contribution in [0.15, 0.2) is 53.7 Å². The van der Waals surface area contributed by atoms with Crippen LogP contribution in [0.4, 0.5) is 10.1 Å². The number of hydrogen-bond acceptors (Lipinski definition) is 5. The number of ether oxygens (including phenoxy) is 1. The van der Waals surface area contributed by atoms with E-state index in [9.17, 15) is 9.18 Å². The predicted octanol–water partition coefficient (Wildman–Crippen LogP) is 5.33. The first kappa shape index (κ1) is 18.5. The van der Waals surface area contributed by atoms with Gasteiger partial charge < -0.3 is 4.74 Å². The van der Waals surface area contributed by atoms with Gasteiger partial charge in [0, 0.05) is 17.8 Å². The zero-order chi connectivity index (χ0) is 19.7. The number of carbonyl (C=O) groups is 1. The Morgan fingerprint density at radius 3 is 2.79 bits per heavy atom. The summed E-state index contributed by atoms with van der Waals surface area (Å²) in [6.07, 6.45) is 1.67. The summed E-state index contributed by atoms with van der Waals surface area (Å²) in [6, 6.07) is 10.8. The van der Waals surface area contributed by atoms with Crippen molar-refractivity contribution in [2.45, 2.75) is 6.42 Å². The van der Waals surface area contributed by atoms with Crippen LogP contribution in [0, 0.1) is 5.82 Å². The molecule has 4 rings (SSSR count). The van der Waals surface area contributed by atoms with Crippen LogP contribution < -0.4 is 4.74 Å². The summed E-state index contributed by atoms with van der Waals surface area (Å²) in [4.78, 5) is 25.7. The van der Waals surface area contributed by atoms with Gasteiger partial charge in [0.15, 0.2) is 5.78 Å². The summed E-state index contributed by atoms with van der Waals surface area (Å²) in [5, 5.41) is 0.280. The van der Waals surface area contributed by atoms with E-state index in [1.807, 2.05) is 0 Å². The molecule has 0 saturated heterocycles. The lowest BCUT2D eigenvalue weighted by Gasteiger charge is -2.17. The van der Waals surface area contributed by atoms with Crippen molar-refractivity contribution >= 4 is 40.4 Å². The molecule has 0 fully saturated rings. The van der Waals surface area contributed by atoms with Crippen molar-refractivity contribution in [1.82, 2.24) is 9.97 Å². The van der Waals surface area contributed by atoms with Gasteiger partial charge in [-0.1, -0.05) is 29.3 Å². The van der Waals surface area contributed by atoms with Gasteiger partial charge in [-0.05, 0) is 30.3 Å². The molecule has 0 bridgehead atoms. The molecule has 2 aromatic heterocycles. The first-order valence-corrected chi connectivity index (χ1v) is 9.06. The lowest BCUT2D eigenvalue weighted by molar-refractivity contribution is 0.0998. The maximum Gasteiger partial charge on any atom is 0.170 e. The molecule has 1 aromatic carbocycles. The van der Waals surface area contributed by atoms with Crippen LogP contribution in [0.5, 0.6) is 5.75 Å². The third-order valence-corrected chi connectivity index (χ3v) is 4.61. The van der Waals surface area contributed by atoms with Crippen molar-refractivity contribution < 1.29 is 13.9 Å². The number of hydrogen-bond donors (Lipinski definition) is 0. The van der Waals surface area contributed by atoms with Gasteiger partial charge in [0.2, 0.25) is 0 Å². The lowest BCUT2D eigenvalue weighted by Crippen LogP contribution is -2.20.